The molecule has 1 aliphatic heterocycles. The van der Waals surface area contributed by atoms with Crippen molar-refractivity contribution in [1.82, 2.24) is 4.72 Å². The first kappa shape index (κ1) is 22.9. The van der Waals surface area contributed by atoms with Crippen molar-refractivity contribution in [1.29, 1.82) is 0 Å². The average molecular weight is 476 g/mol. The van der Waals surface area contributed by atoms with E-state index < -0.39 is 10.0 Å². The van der Waals surface area contributed by atoms with E-state index in [1.807, 2.05) is 26.2 Å². The van der Waals surface area contributed by atoms with Crippen molar-refractivity contribution in [3.8, 4) is 0 Å². The molecule has 1 aliphatic carbocycles. The molecular formula is C28H33N3O2S. The summed E-state index contributed by atoms with van der Waals surface area (Å²) in [4.78, 5) is 4.79. The smallest absolute Gasteiger partial charge is 0.240 e. The van der Waals surface area contributed by atoms with E-state index in [0.29, 0.717) is 11.4 Å². The van der Waals surface area contributed by atoms with Gasteiger partial charge in [0.25, 0.3) is 0 Å². The second-order valence-corrected chi connectivity index (χ2v) is 11.3. The van der Waals surface area contributed by atoms with E-state index in [9.17, 15) is 8.42 Å². The summed E-state index contributed by atoms with van der Waals surface area (Å²) in [7, 11) is 0.437. The van der Waals surface area contributed by atoms with Crippen molar-refractivity contribution < 1.29 is 8.42 Å². The maximum Gasteiger partial charge on any atom is 0.240 e. The van der Waals surface area contributed by atoms with E-state index in [2.05, 4.69) is 63.1 Å². The van der Waals surface area contributed by atoms with Gasteiger partial charge in [-0.2, -0.15) is 0 Å². The van der Waals surface area contributed by atoms with Crippen LogP contribution in [0, 0.1) is 0 Å². The van der Waals surface area contributed by atoms with Gasteiger partial charge in [-0.15, -0.1) is 0 Å². The second kappa shape index (κ2) is 9.43. The molecule has 1 heterocycles. The molecule has 0 saturated carbocycles. The fraction of sp³-hybridized carbons (Fsp3) is 0.357. The first-order chi connectivity index (χ1) is 16.4. The third-order valence-corrected chi connectivity index (χ3v) is 8.61. The molecule has 0 aromatic heterocycles. The van der Waals surface area contributed by atoms with Gasteiger partial charge >= 0.3 is 0 Å². The summed E-state index contributed by atoms with van der Waals surface area (Å²) in [5, 5.41) is 0. The highest BCUT2D eigenvalue weighted by atomic mass is 32.2. The van der Waals surface area contributed by atoms with Crippen LogP contribution in [-0.2, 0) is 29.3 Å². The van der Waals surface area contributed by atoms with Crippen LogP contribution in [0.3, 0.4) is 0 Å². The molecule has 1 atom stereocenters. The predicted molar refractivity (Wildman–Crippen MR) is 139 cm³/mol. The molecule has 34 heavy (non-hydrogen) atoms. The summed E-state index contributed by atoms with van der Waals surface area (Å²) in [5.74, 6) is 0. The van der Waals surface area contributed by atoms with E-state index in [0.717, 1.165) is 43.5 Å². The molecule has 178 valence electrons. The minimum absolute atomic E-state index is 0.0905. The molecule has 0 spiro atoms. The fourth-order valence-electron chi connectivity index (χ4n) is 5.24. The Hall–Kier alpha value is -2.83. The molecule has 1 N–H and O–H groups in total. The SMILES string of the molecule is CN(C)c1ccc([C@@H](CNS(=O)(=O)c2ccc3c(c2)CCCC3)N2CCc3ccccc32)cc1. The number of rotatable bonds is 7. The van der Waals surface area contributed by atoms with Crippen LogP contribution in [0.15, 0.2) is 71.6 Å². The normalized spacial score (nSPS) is 16.1. The van der Waals surface area contributed by atoms with Gasteiger partial charge in [0.2, 0.25) is 10.0 Å². The van der Waals surface area contributed by atoms with Crippen LogP contribution in [0.5, 0.6) is 0 Å². The molecule has 5 nitrogen and oxygen atoms in total. The molecule has 0 unspecified atom stereocenters. The molecule has 0 fully saturated rings. The van der Waals surface area contributed by atoms with E-state index in [1.165, 1.54) is 28.8 Å². The Labute approximate surface area is 203 Å². The van der Waals surface area contributed by atoms with Gasteiger partial charge in [0.1, 0.15) is 0 Å². The number of aryl methyl sites for hydroxylation is 2. The summed E-state index contributed by atoms with van der Waals surface area (Å²) in [6.45, 7) is 1.19. The maximum atomic E-state index is 13.3. The molecule has 6 heteroatoms. The minimum Gasteiger partial charge on any atom is -0.378 e. The molecule has 2 aliphatic rings. The summed E-state index contributed by atoms with van der Waals surface area (Å²) >= 11 is 0. The number of para-hydroxylation sites is 1. The Morgan fingerprint density at radius 2 is 1.62 bits per heavy atom. The van der Waals surface area contributed by atoms with Crippen LogP contribution in [-0.4, -0.2) is 35.6 Å². The quantitative estimate of drug-likeness (QED) is 0.538. The van der Waals surface area contributed by atoms with Crippen LogP contribution in [0.2, 0.25) is 0 Å². The molecule has 0 amide bonds. The number of nitrogens with one attached hydrogen (secondary N) is 1. The van der Waals surface area contributed by atoms with Crippen molar-refractivity contribution >= 4 is 21.4 Å². The van der Waals surface area contributed by atoms with Gasteiger partial charge in [0, 0.05) is 38.6 Å². The van der Waals surface area contributed by atoms with Crippen LogP contribution in [0.25, 0.3) is 0 Å². The molecule has 3 aromatic rings. The summed E-state index contributed by atoms with van der Waals surface area (Å²) in [6.07, 6.45) is 5.29. The first-order valence-corrected chi connectivity index (χ1v) is 13.6. The highest BCUT2D eigenvalue weighted by Gasteiger charge is 2.29. The molecule has 0 bridgehead atoms. The number of sulfonamides is 1. The largest absolute Gasteiger partial charge is 0.378 e. The van der Waals surface area contributed by atoms with E-state index >= 15 is 0 Å². The van der Waals surface area contributed by atoms with Crippen LogP contribution in [0.4, 0.5) is 11.4 Å². The number of hydrogen-bond donors (Lipinski definition) is 1. The molecule has 3 aromatic carbocycles. The van der Waals surface area contributed by atoms with Gasteiger partial charge < -0.3 is 9.80 Å². The standard InChI is InChI=1S/C28H33N3O2S/c1-30(2)25-14-11-23(12-15-25)28(31-18-17-22-8-5-6-10-27(22)31)20-29-34(32,33)26-16-13-21-7-3-4-9-24(21)19-26/h5-6,8,10-16,19,28-29H,3-4,7,9,17-18,20H2,1-2H3/t28-/m1/s1. The van der Waals surface area contributed by atoms with Crippen LogP contribution in [0.1, 0.15) is 41.1 Å². The number of benzene rings is 3. The van der Waals surface area contributed by atoms with Gasteiger partial charge in [-0.05, 0) is 84.7 Å². The van der Waals surface area contributed by atoms with E-state index in [4.69, 9.17) is 0 Å². The Morgan fingerprint density at radius 1 is 0.882 bits per heavy atom. The Kier molecular flexibility index (Phi) is 6.36. The number of fused-ring (bicyclic) bond motifs is 2. The molecular weight excluding hydrogens is 442 g/mol. The summed E-state index contributed by atoms with van der Waals surface area (Å²) < 4.78 is 29.6. The highest BCUT2D eigenvalue weighted by molar-refractivity contribution is 7.89. The maximum absolute atomic E-state index is 13.3. The van der Waals surface area contributed by atoms with Crippen LogP contribution < -0.4 is 14.5 Å². The predicted octanol–water partition coefficient (Wildman–Crippen LogP) is 4.71. The topological polar surface area (TPSA) is 52.7 Å². The lowest BCUT2D eigenvalue weighted by molar-refractivity contribution is 0.562. The third-order valence-electron chi connectivity index (χ3n) is 7.19. The van der Waals surface area contributed by atoms with Gasteiger partial charge in [-0.3, -0.25) is 0 Å². The Bertz CT molecular complexity index is 1270. The summed E-state index contributed by atoms with van der Waals surface area (Å²) in [6, 6.07) is 22.4. The van der Waals surface area contributed by atoms with E-state index in [-0.39, 0.29) is 6.04 Å². The molecule has 0 radical (unpaired) electrons. The molecule has 0 saturated heterocycles. The van der Waals surface area contributed by atoms with Crippen LogP contribution >= 0.6 is 0 Å². The Morgan fingerprint density at radius 3 is 2.38 bits per heavy atom. The van der Waals surface area contributed by atoms with Crippen molar-refractivity contribution in [2.75, 3.05) is 37.0 Å². The number of anilines is 2. The fourth-order valence-corrected chi connectivity index (χ4v) is 6.33. The lowest BCUT2D eigenvalue weighted by Crippen LogP contribution is -2.37. The Balaban J connectivity index is 1.43. The minimum atomic E-state index is -3.61. The van der Waals surface area contributed by atoms with Crippen molar-refractivity contribution in [3.05, 3.63) is 89.0 Å². The zero-order chi connectivity index (χ0) is 23.7. The van der Waals surface area contributed by atoms with Crippen molar-refractivity contribution in [2.45, 2.75) is 43.0 Å². The third kappa shape index (κ3) is 4.57. The lowest BCUT2D eigenvalue weighted by atomic mass is 9.92. The van der Waals surface area contributed by atoms with Crippen molar-refractivity contribution in [3.63, 3.8) is 0 Å². The van der Waals surface area contributed by atoms with Gasteiger partial charge in [-0.1, -0.05) is 36.4 Å². The van der Waals surface area contributed by atoms with Gasteiger partial charge in [0.15, 0.2) is 0 Å². The van der Waals surface area contributed by atoms with Gasteiger partial charge in [-0.25, -0.2) is 13.1 Å². The lowest BCUT2D eigenvalue weighted by Gasteiger charge is -2.31. The zero-order valence-electron chi connectivity index (χ0n) is 20.0. The number of hydrogen-bond acceptors (Lipinski definition) is 4. The van der Waals surface area contributed by atoms with Crippen molar-refractivity contribution in [2.24, 2.45) is 0 Å². The van der Waals surface area contributed by atoms with E-state index in [1.54, 1.807) is 6.07 Å². The number of nitrogens with zero attached hydrogens (tertiary/aromatic N) is 2. The van der Waals surface area contributed by atoms with Gasteiger partial charge in [0.05, 0.1) is 10.9 Å². The zero-order valence-corrected chi connectivity index (χ0v) is 20.8. The second-order valence-electron chi connectivity index (χ2n) is 9.56. The average Bonchev–Trinajstić information content (AvgIpc) is 3.28. The monoisotopic (exact) mass is 475 g/mol. The first-order valence-electron chi connectivity index (χ1n) is 12.2. The molecule has 5 rings (SSSR count). The highest BCUT2D eigenvalue weighted by Crippen LogP contribution is 2.35. The summed E-state index contributed by atoms with van der Waals surface area (Å²) in [5.41, 5.74) is 7.21.